The van der Waals surface area contributed by atoms with Gasteiger partial charge >= 0.3 is 0 Å². The van der Waals surface area contributed by atoms with Crippen molar-refractivity contribution in [1.29, 1.82) is 0 Å². The van der Waals surface area contributed by atoms with Gasteiger partial charge in [-0.25, -0.2) is 0 Å². The van der Waals surface area contributed by atoms with Crippen molar-refractivity contribution in [3.8, 4) is 5.75 Å². The molecule has 0 unspecified atom stereocenters. The van der Waals surface area contributed by atoms with Crippen LogP contribution in [0.25, 0.3) is 0 Å². The smallest absolute Gasteiger partial charge is 0.219 e. The highest BCUT2D eigenvalue weighted by Crippen LogP contribution is 2.12. The van der Waals surface area contributed by atoms with E-state index in [-0.39, 0.29) is 18.3 Å². The third-order valence-electron chi connectivity index (χ3n) is 3.01. The fourth-order valence-corrected chi connectivity index (χ4v) is 1.87. The highest BCUT2D eigenvalue weighted by atomic mass is 35.5. The highest BCUT2D eigenvalue weighted by molar-refractivity contribution is 5.85. The van der Waals surface area contributed by atoms with Gasteiger partial charge in [0.2, 0.25) is 5.91 Å². The van der Waals surface area contributed by atoms with Gasteiger partial charge in [-0.1, -0.05) is 12.1 Å². The summed E-state index contributed by atoms with van der Waals surface area (Å²) in [7, 11) is 0. The first-order valence-corrected chi connectivity index (χ1v) is 7.38. The zero-order valence-corrected chi connectivity index (χ0v) is 13.6. The minimum Gasteiger partial charge on any atom is -0.494 e. The Kier molecular flexibility index (Phi) is 11.7. The number of nitrogens with one attached hydrogen (secondary N) is 1. The molecule has 0 bridgehead atoms. The van der Waals surface area contributed by atoms with E-state index in [1.165, 1.54) is 5.56 Å². The second-order valence-corrected chi connectivity index (χ2v) is 4.97. The van der Waals surface area contributed by atoms with Crippen molar-refractivity contribution in [3.63, 3.8) is 0 Å². The summed E-state index contributed by atoms with van der Waals surface area (Å²) >= 11 is 0. The van der Waals surface area contributed by atoms with Gasteiger partial charge in [0.15, 0.2) is 0 Å². The molecule has 1 rings (SSSR count). The third-order valence-corrected chi connectivity index (χ3v) is 3.01. The van der Waals surface area contributed by atoms with Crippen molar-refractivity contribution in [2.24, 2.45) is 5.73 Å². The minimum absolute atomic E-state index is 0. The second kappa shape index (κ2) is 12.5. The third kappa shape index (κ3) is 10.2. The summed E-state index contributed by atoms with van der Waals surface area (Å²) in [5, 5.41) is 2.90. The average Bonchev–Trinajstić information content (AvgIpc) is 2.43. The normalized spacial score (nSPS) is 9.81. The lowest BCUT2D eigenvalue weighted by Crippen LogP contribution is -2.24. The summed E-state index contributed by atoms with van der Waals surface area (Å²) in [6, 6.07) is 8.00. The fraction of sp³-hybridized carbons (Fsp3) is 0.562. The second-order valence-electron chi connectivity index (χ2n) is 4.97. The highest BCUT2D eigenvalue weighted by Gasteiger charge is 2.00. The predicted molar refractivity (Wildman–Crippen MR) is 89.1 cm³/mol. The molecule has 0 radical (unpaired) electrons. The summed E-state index contributed by atoms with van der Waals surface area (Å²) in [5.41, 5.74) is 6.58. The Morgan fingerprint density at radius 1 is 1.24 bits per heavy atom. The Labute approximate surface area is 133 Å². The number of benzene rings is 1. The van der Waals surface area contributed by atoms with Crippen molar-refractivity contribution >= 4 is 18.3 Å². The zero-order valence-electron chi connectivity index (χ0n) is 12.8. The van der Waals surface area contributed by atoms with Crippen LogP contribution in [0.3, 0.4) is 0 Å². The number of nitrogens with two attached hydrogens (primary N) is 1. The van der Waals surface area contributed by atoms with Crippen LogP contribution >= 0.6 is 12.4 Å². The van der Waals surface area contributed by atoms with E-state index >= 15 is 0 Å². The standard InChI is InChI=1S/C16H26N2O2.ClH/c1-14-7-6-8-15(13-14)20-12-5-2-9-16(19)18-11-4-3-10-17;/h6-8,13H,2-5,9-12,17H2,1H3,(H,18,19);1H. The molecule has 0 atom stereocenters. The Morgan fingerprint density at radius 3 is 2.76 bits per heavy atom. The lowest BCUT2D eigenvalue weighted by molar-refractivity contribution is -0.121. The van der Waals surface area contributed by atoms with E-state index in [9.17, 15) is 4.79 Å². The summed E-state index contributed by atoms with van der Waals surface area (Å²) in [4.78, 5) is 11.5. The van der Waals surface area contributed by atoms with Crippen molar-refractivity contribution in [2.75, 3.05) is 19.7 Å². The van der Waals surface area contributed by atoms with Crippen LogP contribution in [-0.4, -0.2) is 25.6 Å². The maximum Gasteiger partial charge on any atom is 0.219 e. The van der Waals surface area contributed by atoms with Crippen molar-refractivity contribution < 1.29 is 9.53 Å². The van der Waals surface area contributed by atoms with Gasteiger partial charge in [-0.05, 0) is 56.8 Å². The van der Waals surface area contributed by atoms with Crippen LogP contribution in [0, 0.1) is 6.92 Å². The molecule has 21 heavy (non-hydrogen) atoms. The average molecular weight is 315 g/mol. The first-order chi connectivity index (χ1) is 9.72. The largest absolute Gasteiger partial charge is 0.494 e. The zero-order chi connectivity index (χ0) is 14.6. The van der Waals surface area contributed by atoms with E-state index in [1.807, 2.05) is 31.2 Å². The maximum absolute atomic E-state index is 11.5. The first kappa shape index (κ1) is 19.7. The molecular weight excluding hydrogens is 288 g/mol. The monoisotopic (exact) mass is 314 g/mol. The number of aryl methyl sites for hydroxylation is 1. The van der Waals surface area contributed by atoms with Gasteiger partial charge in [-0.15, -0.1) is 12.4 Å². The molecule has 0 aliphatic rings. The van der Waals surface area contributed by atoms with Crippen LogP contribution in [-0.2, 0) is 4.79 Å². The summed E-state index contributed by atoms with van der Waals surface area (Å²) in [5.74, 6) is 1.02. The Bertz CT molecular complexity index is 400. The molecule has 0 aliphatic heterocycles. The number of rotatable bonds is 10. The van der Waals surface area contributed by atoms with Crippen molar-refractivity contribution in [2.45, 2.75) is 39.0 Å². The molecule has 0 heterocycles. The molecule has 0 saturated heterocycles. The Balaban J connectivity index is 0.00000400. The summed E-state index contributed by atoms with van der Waals surface area (Å²) < 4.78 is 5.64. The van der Waals surface area contributed by atoms with Crippen molar-refractivity contribution in [3.05, 3.63) is 29.8 Å². The predicted octanol–water partition coefficient (Wildman–Crippen LogP) is 2.82. The van der Waals surface area contributed by atoms with E-state index in [4.69, 9.17) is 10.5 Å². The lowest BCUT2D eigenvalue weighted by Gasteiger charge is -2.07. The van der Waals surface area contributed by atoms with Gasteiger partial charge in [-0.2, -0.15) is 0 Å². The maximum atomic E-state index is 11.5. The number of unbranched alkanes of at least 4 members (excludes halogenated alkanes) is 2. The SMILES string of the molecule is Cc1cccc(OCCCCC(=O)NCCCCN)c1.Cl. The molecule has 0 spiro atoms. The Morgan fingerprint density at radius 2 is 2.05 bits per heavy atom. The Hall–Kier alpha value is -1.26. The first-order valence-electron chi connectivity index (χ1n) is 7.38. The molecule has 0 fully saturated rings. The van der Waals surface area contributed by atoms with Gasteiger partial charge in [0.05, 0.1) is 6.61 Å². The molecule has 1 aromatic rings. The molecule has 4 nitrogen and oxygen atoms in total. The van der Waals surface area contributed by atoms with Crippen LogP contribution < -0.4 is 15.8 Å². The molecule has 0 aliphatic carbocycles. The van der Waals surface area contributed by atoms with Crippen LogP contribution in [0.5, 0.6) is 5.75 Å². The van der Waals surface area contributed by atoms with Gasteiger partial charge in [0.25, 0.3) is 0 Å². The van der Waals surface area contributed by atoms with E-state index in [1.54, 1.807) is 0 Å². The molecule has 0 saturated carbocycles. The number of halogens is 1. The van der Waals surface area contributed by atoms with Crippen molar-refractivity contribution in [1.82, 2.24) is 5.32 Å². The molecule has 3 N–H and O–H groups in total. The van der Waals surface area contributed by atoms with Gasteiger partial charge in [0, 0.05) is 13.0 Å². The minimum atomic E-state index is 0. The molecule has 0 aromatic heterocycles. The number of hydrogen-bond acceptors (Lipinski definition) is 3. The summed E-state index contributed by atoms with van der Waals surface area (Å²) in [6.07, 6.45) is 4.24. The molecule has 1 amide bonds. The van der Waals surface area contributed by atoms with Crippen LogP contribution in [0.1, 0.15) is 37.7 Å². The molecule has 120 valence electrons. The van der Waals surface area contributed by atoms with Gasteiger partial charge in [-0.3, -0.25) is 4.79 Å². The molecule has 1 aromatic carbocycles. The molecular formula is C16H27ClN2O2. The summed E-state index contributed by atoms with van der Waals surface area (Å²) in [6.45, 7) is 4.12. The van der Waals surface area contributed by atoms with Crippen LogP contribution in [0.4, 0.5) is 0 Å². The van der Waals surface area contributed by atoms with E-state index < -0.39 is 0 Å². The quantitative estimate of drug-likeness (QED) is 0.653. The van der Waals surface area contributed by atoms with Gasteiger partial charge in [0.1, 0.15) is 5.75 Å². The lowest BCUT2D eigenvalue weighted by atomic mass is 10.2. The number of amides is 1. The van der Waals surface area contributed by atoms with Gasteiger partial charge < -0.3 is 15.8 Å². The van der Waals surface area contributed by atoms with E-state index in [0.717, 1.165) is 38.0 Å². The van der Waals surface area contributed by atoms with Crippen LogP contribution in [0.15, 0.2) is 24.3 Å². The van der Waals surface area contributed by atoms with E-state index in [2.05, 4.69) is 5.32 Å². The number of hydrogen-bond donors (Lipinski definition) is 2. The molecule has 5 heteroatoms. The van der Waals surface area contributed by atoms with E-state index in [0.29, 0.717) is 19.6 Å². The fourth-order valence-electron chi connectivity index (χ4n) is 1.87. The topological polar surface area (TPSA) is 64.3 Å². The number of carbonyl (C=O) groups is 1. The number of carbonyl (C=O) groups excluding carboxylic acids is 1. The number of ether oxygens (including phenoxy) is 1. The van der Waals surface area contributed by atoms with Crippen LogP contribution in [0.2, 0.25) is 0 Å².